The van der Waals surface area contributed by atoms with Crippen molar-refractivity contribution >= 4 is 10.9 Å². The number of aryl methyl sites for hydroxylation is 2. The molecule has 0 bridgehead atoms. The van der Waals surface area contributed by atoms with Crippen molar-refractivity contribution in [1.29, 1.82) is 0 Å². The summed E-state index contributed by atoms with van der Waals surface area (Å²) in [5, 5.41) is 4.36. The molecule has 6 nitrogen and oxygen atoms in total. The van der Waals surface area contributed by atoms with Gasteiger partial charge < -0.3 is 0 Å². The molecule has 2 aromatic heterocycles. The maximum Gasteiger partial charge on any atom is 0.261 e. The van der Waals surface area contributed by atoms with Crippen LogP contribution in [0.25, 0.3) is 10.9 Å². The highest BCUT2D eigenvalue weighted by molar-refractivity contribution is 5.77. The van der Waals surface area contributed by atoms with E-state index in [-0.39, 0.29) is 5.56 Å². The quantitative estimate of drug-likeness (QED) is 0.698. The van der Waals surface area contributed by atoms with E-state index in [1.54, 1.807) is 11.0 Å². The predicted molar refractivity (Wildman–Crippen MR) is 66.0 cm³/mol. The van der Waals surface area contributed by atoms with Crippen LogP contribution in [-0.2, 0) is 13.1 Å². The summed E-state index contributed by atoms with van der Waals surface area (Å²) in [6.45, 7) is 0.955. The average molecular weight is 259 g/mol. The molecule has 0 aliphatic heterocycles. The maximum absolute atomic E-state index is 13.0. The fraction of sp³-hybridized carbons (Fsp3) is 0.167. The van der Waals surface area contributed by atoms with Crippen LogP contribution in [0.15, 0.2) is 42.0 Å². The molecule has 1 aromatic carbocycles. The van der Waals surface area contributed by atoms with E-state index < -0.39 is 5.82 Å². The lowest BCUT2D eigenvalue weighted by Crippen LogP contribution is -2.23. The van der Waals surface area contributed by atoms with Crippen molar-refractivity contribution in [2.75, 3.05) is 0 Å². The maximum atomic E-state index is 13.0. The molecule has 2 heterocycles. The summed E-state index contributed by atoms with van der Waals surface area (Å²) in [6, 6.07) is 3.96. The van der Waals surface area contributed by atoms with Gasteiger partial charge in [0, 0.05) is 12.6 Å². The van der Waals surface area contributed by atoms with Crippen LogP contribution in [0, 0.1) is 5.82 Å². The van der Waals surface area contributed by atoms with Gasteiger partial charge in [-0.05, 0) is 12.1 Å². The SMILES string of the molecule is O=c1c2ccc(F)cc2ncn1CCn1cncn1. The van der Waals surface area contributed by atoms with Crippen molar-refractivity contribution in [2.45, 2.75) is 13.1 Å². The zero-order chi connectivity index (χ0) is 13.2. The van der Waals surface area contributed by atoms with Gasteiger partial charge in [0.15, 0.2) is 0 Å². The minimum atomic E-state index is -0.403. The largest absolute Gasteiger partial charge is 0.297 e. The predicted octanol–water partition coefficient (Wildman–Crippen LogP) is 0.827. The normalized spacial score (nSPS) is 11.0. The molecule has 0 saturated carbocycles. The van der Waals surface area contributed by atoms with Gasteiger partial charge in [-0.15, -0.1) is 0 Å². The minimum absolute atomic E-state index is 0.190. The third-order valence-electron chi connectivity index (χ3n) is 2.82. The molecule has 0 N–H and O–H groups in total. The number of halogens is 1. The lowest BCUT2D eigenvalue weighted by molar-refractivity contribution is 0.520. The number of hydrogen-bond acceptors (Lipinski definition) is 4. The highest BCUT2D eigenvalue weighted by Gasteiger charge is 2.05. The first-order chi connectivity index (χ1) is 9.24. The Morgan fingerprint density at radius 1 is 1.21 bits per heavy atom. The van der Waals surface area contributed by atoms with Gasteiger partial charge in [-0.3, -0.25) is 14.0 Å². The van der Waals surface area contributed by atoms with E-state index in [2.05, 4.69) is 15.1 Å². The molecule has 0 fully saturated rings. The summed E-state index contributed by atoms with van der Waals surface area (Å²) in [4.78, 5) is 20.1. The van der Waals surface area contributed by atoms with Crippen LogP contribution in [0.5, 0.6) is 0 Å². The Morgan fingerprint density at radius 2 is 2.11 bits per heavy atom. The molecular weight excluding hydrogens is 249 g/mol. The Balaban J connectivity index is 1.94. The molecule has 0 radical (unpaired) electrons. The van der Waals surface area contributed by atoms with Crippen molar-refractivity contribution < 1.29 is 4.39 Å². The molecule has 0 spiro atoms. The molecule has 0 aliphatic rings. The van der Waals surface area contributed by atoms with Gasteiger partial charge in [-0.2, -0.15) is 5.10 Å². The van der Waals surface area contributed by atoms with Crippen LogP contribution in [0.4, 0.5) is 4.39 Å². The first-order valence-electron chi connectivity index (χ1n) is 5.71. The third-order valence-corrected chi connectivity index (χ3v) is 2.82. The van der Waals surface area contributed by atoms with Crippen molar-refractivity contribution in [3.8, 4) is 0 Å². The molecule has 96 valence electrons. The summed E-state index contributed by atoms with van der Waals surface area (Å²) >= 11 is 0. The second-order valence-corrected chi connectivity index (χ2v) is 4.06. The zero-order valence-electron chi connectivity index (χ0n) is 9.90. The van der Waals surface area contributed by atoms with Gasteiger partial charge >= 0.3 is 0 Å². The van der Waals surface area contributed by atoms with E-state index in [1.807, 2.05) is 0 Å². The van der Waals surface area contributed by atoms with Crippen LogP contribution in [-0.4, -0.2) is 24.3 Å². The van der Waals surface area contributed by atoms with E-state index >= 15 is 0 Å². The monoisotopic (exact) mass is 259 g/mol. The van der Waals surface area contributed by atoms with Gasteiger partial charge in [0.05, 0.1) is 23.8 Å². The summed E-state index contributed by atoms with van der Waals surface area (Å²) in [5.74, 6) is -0.403. The minimum Gasteiger partial charge on any atom is -0.297 e. The Morgan fingerprint density at radius 3 is 2.89 bits per heavy atom. The molecular formula is C12H10FN5O. The molecule has 19 heavy (non-hydrogen) atoms. The standard InChI is InChI=1S/C12H10FN5O/c13-9-1-2-10-11(5-9)15-8-17(12(10)19)3-4-18-7-14-6-16-18/h1-2,5-8H,3-4H2. The fourth-order valence-corrected chi connectivity index (χ4v) is 1.85. The molecule has 0 unspecified atom stereocenters. The summed E-state index contributed by atoms with van der Waals surface area (Å²) in [6.07, 6.45) is 4.43. The second kappa shape index (κ2) is 4.60. The third kappa shape index (κ3) is 2.22. The molecule has 0 atom stereocenters. The Hall–Kier alpha value is -2.57. The van der Waals surface area contributed by atoms with Crippen LogP contribution >= 0.6 is 0 Å². The van der Waals surface area contributed by atoms with Gasteiger partial charge in [0.2, 0.25) is 0 Å². The van der Waals surface area contributed by atoms with Gasteiger partial charge in [0.25, 0.3) is 5.56 Å². The van der Waals surface area contributed by atoms with Crippen LogP contribution in [0.3, 0.4) is 0 Å². The number of hydrogen-bond donors (Lipinski definition) is 0. The lowest BCUT2D eigenvalue weighted by Gasteiger charge is -2.06. The van der Waals surface area contributed by atoms with E-state index in [0.717, 1.165) is 0 Å². The number of benzene rings is 1. The van der Waals surface area contributed by atoms with Crippen molar-refractivity contribution in [1.82, 2.24) is 24.3 Å². The van der Waals surface area contributed by atoms with Crippen LogP contribution in [0.1, 0.15) is 0 Å². The van der Waals surface area contributed by atoms with Crippen LogP contribution in [0.2, 0.25) is 0 Å². The summed E-state index contributed by atoms with van der Waals surface area (Å²) in [5.41, 5.74) is 0.173. The number of nitrogens with zero attached hydrogens (tertiary/aromatic N) is 5. The Bertz CT molecular complexity index is 765. The van der Waals surface area contributed by atoms with E-state index in [1.165, 1.54) is 35.4 Å². The fourth-order valence-electron chi connectivity index (χ4n) is 1.85. The van der Waals surface area contributed by atoms with Gasteiger partial charge in [0.1, 0.15) is 18.5 Å². The lowest BCUT2D eigenvalue weighted by atomic mass is 10.2. The molecule has 3 rings (SSSR count). The van der Waals surface area contributed by atoms with Crippen molar-refractivity contribution in [3.63, 3.8) is 0 Å². The van der Waals surface area contributed by atoms with Crippen LogP contribution < -0.4 is 5.56 Å². The zero-order valence-corrected chi connectivity index (χ0v) is 9.90. The van der Waals surface area contributed by atoms with E-state index in [4.69, 9.17) is 0 Å². The van der Waals surface area contributed by atoms with E-state index in [0.29, 0.717) is 24.0 Å². The Kier molecular flexibility index (Phi) is 2.79. The summed E-state index contributed by atoms with van der Waals surface area (Å²) < 4.78 is 16.1. The highest BCUT2D eigenvalue weighted by atomic mass is 19.1. The highest BCUT2D eigenvalue weighted by Crippen LogP contribution is 2.08. The molecule has 0 amide bonds. The Labute approximate surface area is 107 Å². The van der Waals surface area contributed by atoms with Gasteiger partial charge in [-0.25, -0.2) is 14.4 Å². The molecule has 7 heteroatoms. The van der Waals surface area contributed by atoms with Gasteiger partial charge in [-0.1, -0.05) is 0 Å². The summed E-state index contributed by atoms with van der Waals surface area (Å²) in [7, 11) is 0. The van der Waals surface area contributed by atoms with E-state index in [9.17, 15) is 9.18 Å². The average Bonchev–Trinajstić information content (AvgIpc) is 2.91. The molecule has 0 saturated heterocycles. The second-order valence-electron chi connectivity index (χ2n) is 4.06. The molecule has 3 aromatic rings. The topological polar surface area (TPSA) is 65.6 Å². The first kappa shape index (κ1) is 11.5. The number of fused-ring (bicyclic) bond motifs is 1. The number of rotatable bonds is 3. The van der Waals surface area contributed by atoms with Crippen molar-refractivity contribution in [3.05, 3.63) is 53.4 Å². The smallest absolute Gasteiger partial charge is 0.261 e. The number of aromatic nitrogens is 5. The first-order valence-corrected chi connectivity index (χ1v) is 5.71. The molecule has 0 aliphatic carbocycles. The van der Waals surface area contributed by atoms with Crippen molar-refractivity contribution in [2.24, 2.45) is 0 Å².